The summed E-state index contributed by atoms with van der Waals surface area (Å²) in [5.41, 5.74) is 3.70. The lowest BCUT2D eigenvalue weighted by molar-refractivity contribution is 0.0951. The van der Waals surface area contributed by atoms with Gasteiger partial charge in [0, 0.05) is 12.1 Å². The largest absolute Gasteiger partial charge is 0.464 e. The Hall–Kier alpha value is -2.81. The molecule has 1 N–H and O–H groups in total. The lowest BCUT2D eigenvalue weighted by atomic mass is 10.0. The molecule has 110 valence electrons. The Kier molecular flexibility index (Phi) is 4.05. The third kappa shape index (κ3) is 3.09. The Morgan fingerprint density at radius 3 is 2.50 bits per heavy atom. The third-order valence-corrected chi connectivity index (χ3v) is 3.53. The van der Waals surface area contributed by atoms with Gasteiger partial charge in [0.25, 0.3) is 5.91 Å². The van der Waals surface area contributed by atoms with E-state index in [1.165, 1.54) is 5.56 Å². The smallest absolute Gasteiger partial charge is 0.252 e. The predicted octanol–water partition coefficient (Wildman–Crippen LogP) is 4.19. The van der Waals surface area contributed by atoms with Crippen molar-refractivity contribution in [2.45, 2.75) is 13.5 Å². The normalized spacial score (nSPS) is 10.4. The highest BCUT2D eigenvalue weighted by Crippen LogP contribution is 2.24. The summed E-state index contributed by atoms with van der Waals surface area (Å²) in [5.74, 6) is 0.591. The van der Waals surface area contributed by atoms with Crippen molar-refractivity contribution in [3.8, 4) is 11.3 Å². The number of carbonyl (C=O) groups is 1. The van der Waals surface area contributed by atoms with Gasteiger partial charge in [0.1, 0.15) is 5.76 Å². The van der Waals surface area contributed by atoms with E-state index in [2.05, 4.69) is 5.32 Å². The standard InChI is InChI=1S/C19H17NO2/c1-14-8-10-15(11-9-14)13-20-19(21)17-6-3-2-5-16(17)18-7-4-12-22-18/h2-12H,13H2,1H3,(H,20,21). The van der Waals surface area contributed by atoms with Crippen LogP contribution in [-0.2, 0) is 6.54 Å². The van der Waals surface area contributed by atoms with E-state index < -0.39 is 0 Å². The summed E-state index contributed by atoms with van der Waals surface area (Å²) in [6, 6.07) is 19.2. The summed E-state index contributed by atoms with van der Waals surface area (Å²) in [6.45, 7) is 2.55. The van der Waals surface area contributed by atoms with E-state index in [4.69, 9.17) is 4.42 Å². The Balaban J connectivity index is 1.77. The third-order valence-electron chi connectivity index (χ3n) is 3.53. The second-order valence-electron chi connectivity index (χ2n) is 5.19. The summed E-state index contributed by atoms with van der Waals surface area (Å²) in [4.78, 5) is 12.4. The van der Waals surface area contributed by atoms with Crippen molar-refractivity contribution in [3.05, 3.63) is 83.6 Å². The molecule has 3 nitrogen and oxygen atoms in total. The second kappa shape index (κ2) is 6.31. The van der Waals surface area contributed by atoms with E-state index in [9.17, 15) is 4.79 Å². The summed E-state index contributed by atoms with van der Waals surface area (Å²) < 4.78 is 5.41. The van der Waals surface area contributed by atoms with Crippen LogP contribution in [-0.4, -0.2) is 5.91 Å². The van der Waals surface area contributed by atoms with Gasteiger partial charge >= 0.3 is 0 Å². The molecular weight excluding hydrogens is 274 g/mol. The van der Waals surface area contributed by atoms with Crippen LogP contribution in [0.15, 0.2) is 71.3 Å². The van der Waals surface area contributed by atoms with Gasteiger partial charge < -0.3 is 9.73 Å². The van der Waals surface area contributed by atoms with Crippen molar-refractivity contribution in [2.75, 3.05) is 0 Å². The summed E-state index contributed by atoms with van der Waals surface area (Å²) in [7, 11) is 0. The average Bonchev–Trinajstić information content (AvgIpc) is 3.08. The van der Waals surface area contributed by atoms with Crippen LogP contribution in [0.2, 0.25) is 0 Å². The van der Waals surface area contributed by atoms with Crippen LogP contribution in [0.5, 0.6) is 0 Å². The van der Waals surface area contributed by atoms with Crippen LogP contribution < -0.4 is 5.32 Å². The molecule has 0 aliphatic rings. The Morgan fingerprint density at radius 1 is 1.00 bits per heavy atom. The molecule has 1 amide bonds. The number of carbonyl (C=O) groups excluding carboxylic acids is 1. The highest BCUT2D eigenvalue weighted by atomic mass is 16.3. The Bertz CT molecular complexity index is 758. The van der Waals surface area contributed by atoms with Gasteiger partial charge in [0.05, 0.1) is 11.8 Å². The van der Waals surface area contributed by atoms with Crippen molar-refractivity contribution in [2.24, 2.45) is 0 Å². The number of hydrogen-bond acceptors (Lipinski definition) is 2. The molecule has 3 rings (SSSR count). The molecule has 3 aromatic rings. The number of furan rings is 1. The van der Waals surface area contributed by atoms with Crippen molar-refractivity contribution >= 4 is 5.91 Å². The first-order valence-electron chi connectivity index (χ1n) is 7.21. The zero-order valence-electron chi connectivity index (χ0n) is 12.4. The maximum absolute atomic E-state index is 12.4. The summed E-state index contributed by atoms with van der Waals surface area (Å²) in [6.07, 6.45) is 1.61. The molecule has 22 heavy (non-hydrogen) atoms. The van der Waals surface area contributed by atoms with Crippen LogP contribution in [0.25, 0.3) is 11.3 Å². The van der Waals surface area contributed by atoms with E-state index in [-0.39, 0.29) is 5.91 Å². The van der Waals surface area contributed by atoms with Gasteiger partial charge in [-0.25, -0.2) is 0 Å². The fourth-order valence-corrected chi connectivity index (χ4v) is 2.31. The number of nitrogens with one attached hydrogen (secondary N) is 1. The quantitative estimate of drug-likeness (QED) is 0.783. The molecular formula is C19H17NO2. The first-order chi connectivity index (χ1) is 10.7. The number of hydrogen-bond donors (Lipinski definition) is 1. The average molecular weight is 291 g/mol. The molecule has 0 aliphatic heterocycles. The molecule has 0 saturated carbocycles. The van der Waals surface area contributed by atoms with Gasteiger partial charge in [-0.15, -0.1) is 0 Å². The molecule has 0 aliphatic carbocycles. The summed E-state index contributed by atoms with van der Waals surface area (Å²) in [5, 5.41) is 2.96. The molecule has 1 aromatic heterocycles. The fraction of sp³-hybridized carbons (Fsp3) is 0.105. The Labute approximate surface area is 129 Å². The molecule has 0 unspecified atom stereocenters. The highest BCUT2D eigenvalue weighted by molar-refractivity contribution is 6.00. The van der Waals surface area contributed by atoms with Crippen molar-refractivity contribution in [3.63, 3.8) is 0 Å². The number of aryl methyl sites for hydroxylation is 1. The number of amides is 1. The lowest BCUT2D eigenvalue weighted by Crippen LogP contribution is -2.23. The van der Waals surface area contributed by atoms with Crippen LogP contribution in [0.4, 0.5) is 0 Å². The second-order valence-corrected chi connectivity index (χ2v) is 5.19. The molecule has 0 radical (unpaired) electrons. The molecule has 0 bridgehead atoms. The van der Waals surface area contributed by atoms with E-state index in [0.717, 1.165) is 11.1 Å². The Morgan fingerprint density at radius 2 is 1.77 bits per heavy atom. The minimum atomic E-state index is -0.104. The number of benzene rings is 2. The van der Waals surface area contributed by atoms with E-state index in [1.807, 2.05) is 67.6 Å². The SMILES string of the molecule is Cc1ccc(CNC(=O)c2ccccc2-c2ccco2)cc1. The molecule has 2 aromatic carbocycles. The van der Waals surface area contributed by atoms with E-state index in [0.29, 0.717) is 17.9 Å². The predicted molar refractivity (Wildman–Crippen MR) is 86.5 cm³/mol. The minimum Gasteiger partial charge on any atom is -0.464 e. The minimum absolute atomic E-state index is 0.104. The number of rotatable bonds is 4. The van der Waals surface area contributed by atoms with Gasteiger partial charge in [0.15, 0.2) is 0 Å². The molecule has 1 heterocycles. The zero-order valence-corrected chi connectivity index (χ0v) is 12.4. The van der Waals surface area contributed by atoms with Crippen LogP contribution in [0.1, 0.15) is 21.5 Å². The molecule has 3 heteroatoms. The van der Waals surface area contributed by atoms with Gasteiger partial charge in [0.2, 0.25) is 0 Å². The van der Waals surface area contributed by atoms with Crippen LogP contribution >= 0.6 is 0 Å². The van der Waals surface area contributed by atoms with Gasteiger partial charge in [-0.1, -0.05) is 48.0 Å². The highest BCUT2D eigenvalue weighted by Gasteiger charge is 2.13. The fourth-order valence-electron chi connectivity index (χ4n) is 2.31. The van der Waals surface area contributed by atoms with Crippen LogP contribution in [0.3, 0.4) is 0 Å². The first-order valence-corrected chi connectivity index (χ1v) is 7.21. The van der Waals surface area contributed by atoms with E-state index >= 15 is 0 Å². The first kappa shape index (κ1) is 14.1. The maximum Gasteiger partial charge on any atom is 0.252 e. The van der Waals surface area contributed by atoms with Gasteiger partial charge in [-0.2, -0.15) is 0 Å². The van der Waals surface area contributed by atoms with Crippen molar-refractivity contribution < 1.29 is 9.21 Å². The molecule has 0 spiro atoms. The van der Waals surface area contributed by atoms with Crippen molar-refractivity contribution in [1.29, 1.82) is 0 Å². The van der Waals surface area contributed by atoms with E-state index in [1.54, 1.807) is 6.26 Å². The molecule has 0 fully saturated rings. The molecule has 0 atom stereocenters. The van der Waals surface area contributed by atoms with Gasteiger partial charge in [-0.3, -0.25) is 4.79 Å². The van der Waals surface area contributed by atoms with Gasteiger partial charge in [-0.05, 0) is 30.7 Å². The topological polar surface area (TPSA) is 42.2 Å². The van der Waals surface area contributed by atoms with Crippen LogP contribution in [0, 0.1) is 6.92 Å². The monoisotopic (exact) mass is 291 g/mol. The maximum atomic E-state index is 12.4. The lowest BCUT2D eigenvalue weighted by Gasteiger charge is -2.09. The zero-order chi connectivity index (χ0) is 15.4. The summed E-state index contributed by atoms with van der Waals surface area (Å²) >= 11 is 0. The van der Waals surface area contributed by atoms with Crippen molar-refractivity contribution in [1.82, 2.24) is 5.32 Å². The molecule has 0 saturated heterocycles.